The smallest absolute Gasteiger partial charge is 0.218 e. The van der Waals surface area contributed by atoms with Crippen molar-refractivity contribution in [2.24, 2.45) is 0 Å². The van der Waals surface area contributed by atoms with Crippen LogP contribution in [-0.2, 0) is 22.3 Å². The van der Waals surface area contributed by atoms with Crippen molar-refractivity contribution in [3.8, 4) is 0 Å². The van der Waals surface area contributed by atoms with Crippen molar-refractivity contribution in [1.82, 2.24) is 9.21 Å². The summed E-state index contributed by atoms with van der Waals surface area (Å²) in [6.07, 6.45) is 0. The molecule has 1 aromatic carbocycles. The van der Waals surface area contributed by atoms with E-state index in [0.29, 0.717) is 31.2 Å². The predicted molar refractivity (Wildman–Crippen MR) is 102 cm³/mol. The zero-order valence-electron chi connectivity index (χ0n) is 14.0. The average molecular weight is 405 g/mol. The first-order chi connectivity index (χ1) is 11.4. The number of hydrogen-bond acceptors (Lipinski definition) is 4. The van der Waals surface area contributed by atoms with E-state index in [-0.39, 0.29) is 18.2 Å². The number of hydrogen-bond donors (Lipinski definition) is 0. The second kappa shape index (κ2) is 8.56. The van der Waals surface area contributed by atoms with E-state index in [2.05, 4.69) is 4.90 Å². The molecule has 0 unspecified atom stereocenters. The highest BCUT2D eigenvalue weighted by Crippen LogP contribution is 2.17. The van der Waals surface area contributed by atoms with E-state index in [4.69, 9.17) is 16.0 Å². The Morgan fingerprint density at radius 1 is 1.04 bits per heavy atom. The summed E-state index contributed by atoms with van der Waals surface area (Å²) in [5.41, 5.74) is 0.757. The van der Waals surface area contributed by atoms with E-state index < -0.39 is 10.0 Å². The van der Waals surface area contributed by atoms with E-state index in [1.807, 2.05) is 19.1 Å². The number of furan rings is 1. The predicted octanol–water partition coefficient (Wildman–Crippen LogP) is 3.31. The molecule has 8 heteroatoms. The summed E-state index contributed by atoms with van der Waals surface area (Å²) in [5, 5.41) is 0.609. The van der Waals surface area contributed by atoms with Gasteiger partial charge in [0.1, 0.15) is 11.5 Å². The minimum absolute atomic E-state index is 0. The molecule has 3 rings (SSSR count). The summed E-state index contributed by atoms with van der Waals surface area (Å²) in [6.45, 7) is 5.08. The molecule has 0 radical (unpaired) electrons. The summed E-state index contributed by atoms with van der Waals surface area (Å²) in [6, 6.07) is 10.9. The van der Waals surface area contributed by atoms with Crippen LogP contribution in [0.3, 0.4) is 0 Å². The van der Waals surface area contributed by atoms with Gasteiger partial charge in [-0.15, -0.1) is 12.4 Å². The second-order valence-corrected chi connectivity index (χ2v) is 8.48. The molecular weight excluding hydrogens is 383 g/mol. The summed E-state index contributed by atoms with van der Waals surface area (Å²) < 4.78 is 32.3. The molecule has 138 valence electrons. The Morgan fingerprint density at radius 2 is 1.68 bits per heavy atom. The Bertz CT molecular complexity index is 782. The third-order valence-electron chi connectivity index (χ3n) is 4.16. The number of sulfonamides is 1. The Morgan fingerprint density at radius 3 is 2.24 bits per heavy atom. The van der Waals surface area contributed by atoms with Crippen LogP contribution in [0.25, 0.3) is 0 Å². The van der Waals surface area contributed by atoms with Gasteiger partial charge in [0.15, 0.2) is 0 Å². The maximum Gasteiger partial charge on any atom is 0.218 e. The second-order valence-electron chi connectivity index (χ2n) is 6.07. The van der Waals surface area contributed by atoms with Gasteiger partial charge in [-0.05, 0) is 36.8 Å². The van der Waals surface area contributed by atoms with Crippen LogP contribution in [0, 0.1) is 6.92 Å². The van der Waals surface area contributed by atoms with Gasteiger partial charge in [0.2, 0.25) is 10.0 Å². The van der Waals surface area contributed by atoms with Crippen molar-refractivity contribution >= 4 is 34.0 Å². The lowest BCUT2D eigenvalue weighted by Gasteiger charge is -2.33. The summed E-state index contributed by atoms with van der Waals surface area (Å²) in [7, 11) is -3.30. The molecule has 1 aromatic heterocycles. The number of rotatable bonds is 5. The maximum absolute atomic E-state index is 12.6. The lowest BCUT2D eigenvalue weighted by molar-refractivity contribution is 0.170. The van der Waals surface area contributed by atoms with Crippen molar-refractivity contribution in [3.63, 3.8) is 0 Å². The zero-order chi connectivity index (χ0) is 17.2. The van der Waals surface area contributed by atoms with Crippen LogP contribution in [0.2, 0.25) is 5.02 Å². The Balaban J connectivity index is 0.00000225. The van der Waals surface area contributed by atoms with E-state index in [0.717, 1.165) is 23.6 Å². The normalized spacial score (nSPS) is 16.6. The van der Waals surface area contributed by atoms with Crippen LogP contribution >= 0.6 is 24.0 Å². The fraction of sp³-hybridized carbons (Fsp3) is 0.412. The maximum atomic E-state index is 12.6. The molecule has 0 atom stereocenters. The van der Waals surface area contributed by atoms with E-state index in [9.17, 15) is 8.42 Å². The molecule has 0 aliphatic carbocycles. The number of aryl methyl sites for hydroxylation is 1. The molecule has 1 aliphatic rings. The fourth-order valence-electron chi connectivity index (χ4n) is 2.84. The van der Waals surface area contributed by atoms with Gasteiger partial charge in [-0.3, -0.25) is 4.90 Å². The molecule has 1 fully saturated rings. The van der Waals surface area contributed by atoms with Crippen LogP contribution in [0.4, 0.5) is 0 Å². The van der Waals surface area contributed by atoms with Gasteiger partial charge in [-0.2, -0.15) is 4.31 Å². The highest BCUT2D eigenvalue weighted by atomic mass is 35.5. The molecular formula is C17H22Cl2N2O3S. The standard InChI is InChI=1S/C17H21ClN2O3S.ClH/c1-14-2-7-17(23-14)12-19-8-10-20(11-9-19)24(21,22)13-15-3-5-16(18)6-4-15;/h2-7H,8-13H2,1H3;1H. The SMILES string of the molecule is Cc1ccc(CN2CCN(S(=O)(=O)Cc3ccc(Cl)cc3)CC2)o1.Cl. The van der Waals surface area contributed by atoms with Gasteiger partial charge in [-0.1, -0.05) is 23.7 Å². The lowest BCUT2D eigenvalue weighted by atomic mass is 10.2. The molecule has 5 nitrogen and oxygen atoms in total. The lowest BCUT2D eigenvalue weighted by Crippen LogP contribution is -2.48. The minimum Gasteiger partial charge on any atom is -0.465 e. The van der Waals surface area contributed by atoms with Crippen LogP contribution in [-0.4, -0.2) is 43.8 Å². The molecule has 0 saturated carbocycles. The largest absolute Gasteiger partial charge is 0.465 e. The number of halogens is 2. The van der Waals surface area contributed by atoms with Crippen molar-refractivity contribution < 1.29 is 12.8 Å². The molecule has 0 bridgehead atoms. The highest BCUT2D eigenvalue weighted by molar-refractivity contribution is 7.88. The molecule has 2 heterocycles. The molecule has 25 heavy (non-hydrogen) atoms. The molecule has 2 aromatic rings. The van der Waals surface area contributed by atoms with Gasteiger partial charge in [0, 0.05) is 31.2 Å². The molecule has 0 spiro atoms. The van der Waals surface area contributed by atoms with Crippen LogP contribution in [0.1, 0.15) is 17.1 Å². The minimum atomic E-state index is -3.30. The van der Waals surface area contributed by atoms with Crippen molar-refractivity contribution in [3.05, 3.63) is 58.5 Å². The van der Waals surface area contributed by atoms with Crippen molar-refractivity contribution in [2.45, 2.75) is 19.2 Å². The number of piperazine rings is 1. The molecule has 1 saturated heterocycles. The number of benzene rings is 1. The quantitative estimate of drug-likeness (QED) is 0.766. The summed E-state index contributed by atoms with van der Waals surface area (Å²) >= 11 is 5.84. The summed E-state index contributed by atoms with van der Waals surface area (Å²) in [4.78, 5) is 2.21. The Hall–Kier alpha value is -1.05. The van der Waals surface area contributed by atoms with Gasteiger partial charge in [-0.25, -0.2) is 8.42 Å². The monoisotopic (exact) mass is 404 g/mol. The molecule has 1 aliphatic heterocycles. The topological polar surface area (TPSA) is 53.8 Å². The third kappa shape index (κ3) is 5.46. The van der Waals surface area contributed by atoms with Crippen LogP contribution in [0.15, 0.2) is 40.8 Å². The van der Waals surface area contributed by atoms with Crippen molar-refractivity contribution in [2.75, 3.05) is 26.2 Å². The number of nitrogens with zero attached hydrogens (tertiary/aromatic N) is 2. The summed E-state index contributed by atoms with van der Waals surface area (Å²) in [5.74, 6) is 1.83. The fourth-order valence-corrected chi connectivity index (χ4v) is 4.48. The first kappa shape index (κ1) is 20.3. The van der Waals surface area contributed by atoms with Gasteiger partial charge in [0.25, 0.3) is 0 Å². The Kier molecular flexibility index (Phi) is 6.93. The van der Waals surface area contributed by atoms with E-state index in [1.165, 1.54) is 0 Å². The molecule has 0 N–H and O–H groups in total. The van der Waals surface area contributed by atoms with E-state index >= 15 is 0 Å². The Labute approximate surface area is 160 Å². The van der Waals surface area contributed by atoms with Gasteiger partial charge < -0.3 is 4.42 Å². The first-order valence-corrected chi connectivity index (χ1v) is 9.91. The average Bonchev–Trinajstić information content (AvgIpc) is 2.95. The first-order valence-electron chi connectivity index (χ1n) is 7.92. The van der Waals surface area contributed by atoms with E-state index in [1.54, 1.807) is 28.6 Å². The van der Waals surface area contributed by atoms with Gasteiger partial charge >= 0.3 is 0 Å². The van der Waals surface area contributed by atoms with Crippen LogP contribution in [0.5, 0.6) is 0 Å². The molecule has 0 amide bonds. The van der Waals surface area contributed by atoms with Crippen LogP contribution < -0.4 is 0 Å². The zero-order valence-corrected chi connectivity index (χ0v) is 16.4. The van der Waals surface area contributed by atoms with Gasteiger partial charge in [0.05, 0.1) is 12.3 Å². The highest BCUT2D eigenvalue weighted by Gasteiger charge is 2.27. The van der Waals surface area contributed by atoms with Crippen molar-refractivity contribution in [1.29, 1.82) is 0 Å². The third-order valence-corrected chi connectivity index (χ3v) is 6.26.